The number of aliphatic hydroxyl groups is 1. The van der Waals surface area contributed by atoms with E-state index in [1.807, 2.05) is 7.05 Å². The van der Waals surface area contributed by atoms with E-state index in [2.05, 4.69) is 17.1 Å². The summed E-state index contributed by atoms with van der Waals surface area (Å²) in [6, 6.07) is 0.174. The van der Waals surface area contributed by atoms with E-state index in [-0.39, 0.29) is 19.0 Å². The first kappa shape index (κ1) is 15.7. The number of hydrogen-bond donors (Lipinski definition) is 3. The Hall–Kier alpha value is -1.34. The van der Waals surface area contributed by atoms with Crippen molar-refractivity contribution < 1.29 is 19.8 Å². The monoisotopic (exact) mass is 273 g/mol. The number of aliphatic hydroxyl groups excluding tert-OH is 1. The van der Waals surface area contributed by atoms with Crippen LogP contribution in [0.5, 0.6) is 0 Å². The van der Waals surface area contributed by atoms with Crippen LogP contribution in [0.1, 0.15) is 19.8 Å². The van der Waals surface area contributed by atoms with Crippen molar-refractivity contribution in [1.82, 2.24) is 15.1 Å². The number of nitrogens with one attached hydrogen (secondary N) is 1. The topological polar surface area (TPSA) is 93.1 Å². The average molecular weight is 273 g/mol. The zero-order chi connectivity index (χ0) is 14.4. The molecule has 19 heavy (non-hydrogen) atoms. The highest BCUT2D eigenvalue weighted by atomic mass is 16.4. The lowest BCUT2D eigenvalue weighted by Crippen LogP contribution is -2.55. The van der Waals surface area contributed by atoms with E-state index in [0.29, 0.717) is 19.1 Å². The molecule has 7 heteroatoms. The van der Waals surface area contributed by atoms with Gasteiger partial charge in [0.05, 0.1) is 0 Å². The van der Waals surface area contributed by atoms with E-state index in [1.54, 1.807) is 4.90 Å². The van der Waals surface area contributed by atoms with Crippen LogP contribution in [0.2, 0.25) is 0 Å². The van der Waals surface area contributed by atoms with Crippen LogP contribution >= 0.6 is 0 Å². The highest BCUT2D eigenvalue weighted by Crippen LogP contribution is 2.10. The Bertz CT molecular complexity index is 324. The second kappa shape index (κ2) is 7.30. The van der Waals surface area contributed by atoms with Gasteiger partial charge in [0.25, 0.3) is 0 Å². The molecule has 0 aromatic carbocycles. The number of carboxylic acids is 1. The molecule has 2 amide bonds. The maximum Gasteiger partial charge on any atom is 0.332 e. The van der Waals surface area contributed by atoms with E-state index in [4.69, 9.17) is 10.2 Å². The summed E-state index contributed by atoms with van der Waals surface area (Å²) < 4.78 is 0. The summed E-state index contributed by atoms with van der Waals surface area (Å²) in [6.45, 7) is 4.44. The largest absolute Gasteiger partial charge is 0.479 e. The van der Waals surface area contributed by atoms with Gasteiger partial charge in [-0.1, -0.05) is 6.92 Å². The molecule has 2 atom stereocenters. The van der Waals surface area contributed by atoms with Gasteiger partial charge in [-0.2, -0.15) is 0 Å². The van der Waals surface area contributed by atoms with Crippen LogP contribution in [-0.4, -0.2) is 77.4 Å². The third-order valence-electron chi connectivity index (χ3n) is 3.51. The van der Waals surface area contributed by atoms with Crippen LogP contribution in [0.25, 0.3) is 0 Å². The molecule has 1 fully saturated rings. The van der Waals surface area contributed by atoms with Crippen LogP contribution in [0.15, 0.2) is 0 Å². The zero-order valence-electron chi connectivity index (χ0n) is 11.5. The predicted octanol–water partition coefficient (Wildman–Crippen LogP) is -0.442. The van der Waals surface area contributed by atoms with Gasteiger partial charge >= 0.3 is 12.0 Å². The molecule has 0 aromatic rings. The van der Waals surface area contributed by atoms with Crippen molar-refractivity contribution >= 4 is 12.0 Å². The second-order valence-electron chi connectivity index (χ2n) is 4.86. The van der Waals surface area contributed by atoms with Crippen LogP contribution in [0, 0.1) is 0 Å². The van der Waals surface area contributed by atoms with Gasteiger partial charge < -0.3 is 20.4 Å². The van der Waals surface area contributed by atoms with Gasteiger partial charge in [0.15, 0.2) is 6.10 Å². The Balaban J connectivity index is 2.32. The highest BCUT2D eigenvalue weighted by Gasteiger charge is 2.26. The Labute approximate surface area is 113 Å². The van der Waals surface area contributed by atoms with Gasteiger partial charge in [-0.3, -0.25) is 4.90 Å². The molecule has 0 aromatic heterocycles. The molecule has 0 radical (unpaired) electrons. The van der Waals surface area contributed by atoms with Crippen molar-refractivity contribution in [3.8, 4) is 0 Å². The minimum atomic E-state index is -1.42. The number of carboxylic acid groups (broad SMARTS) is 1. The van der Waals surface area contributed by atoms with E-state index in [1.165, 1.54) is 0 Å². The summed E-state index contributed by atoms with van der Waals surface area (Å²) >= 11 is 0. The molecule has 2 unspecified atom stereocenters. The van der Waals surface area contributed by atoms with Crippen molar-refractivity contribution in [3.05, 3.63) is 0 Å². The summed E-state index contributed by atoms with van der Waals surface area (Å²) in [7, 11) is 2.05. The van der Waals surface area contributed by atoms with Gasteiger partial charge in [-0.25, -0.2) is 9.59 Å². The lowest BCUT2D eigenvalue weighted by Gasteiger charge is -2.39. The quantitative estimate of drug-likeness (QED) is 0.631. The van der Waals surface area contributed by atoms with Crippen molar-refractivity contribution in [1.29, 1.82) is 0 Å². The molecule has 1 rings (SSSR count). The summed E-state index contributed by atoms with van der Waals surface area (Å²) in [5.41, 5.74) is 0. The Morgan fingerprint density at radius 1 is 1.42 bits per heavy atom. The first-order valence-corrected chi connectivity index (χ1v) is 6.59. The summed E-state index contributed by atoms with van der Waals surface area (Å²) in [5, 5.41) is 20.2. The Morgan fingerprint density at radius 3 is 2.68 bits per heavy atom. The van der Waals surface area contributed by atoms with Gasteiger partial charge in [-0.15, -0.1) is 0 Å². The summed E-state index contributed by atoms with van der Waals surface area (Å²) in [6.07, 6.45) is -0.416. The number of likely N-dealkylation sites (N-methyl/N-ethyl adjacent to an activating group) is 1. The van der Waals surface area contributed by atoms with E-state index < -0.39 is 12.1 Å². The number of amides is 2. The third-order valence-corrected chi connectivity index (χ3v) is 3.51. The van der Waals surface area contributed by atoms with Gasteiger partial charge in [0.1, 0.15) is 0 Å². The average Bonchev–Trinajstić information content (AvgIpc) is 2.38. The fourth-order valence-corrected chi connectivity index (χ4v) is 2.12. The van der Waals surface area contributed by atoms with Crippen LogP contribution in [0.3, 0.4) is 0 Å². The minimum absolute atomic E-state index is 0.0199. The molecule has 0 bridgehead atoms. The second-order valence-corrected chi connectivity index (χ2v) is 4.86. The lowest BCUT2D eigenvalue weighted by atomic mass is 10.1. The molecule has 0 spiro atoms. The number of carbonyl (C=O) groups is 2. The number of urea groups is 1. The van der Waals surface area contributed by atoms with Crippen LogP contribution < -0.4 is 5.32 Å². The molecular weight excluding hydrogens is 250 g/mol. The molecular formula is C12H23N3O4. The Kier molecular flexibility index (Phi) is 6.04. The van der Waals surface area contributed by atoms with Crippen LogP contribution in [0.4, 0.5) is 4.79 Å². The fraction of sp³-hybridized carbons (Fsp3) is 0.833. The maximum atomic E-state index is 11.9. The van der Waals surface area contributed by atoms with E-state index in [0.717, 1.165) is 13.0 Å². The minimum Gasteiger partial charge on any atom is -0.479 e. The molecule has 1 aliphatic rings. The molecule has 1 saturated heterocycles. The standard InChI is InChI=1S/C12H23N3O4/c1-3-9-8-15(7-6-14(9)2)12(19)13-5-4-10(16)11(17)18/h9-10,16H,3-8H2,1-2H3,(H,13,19)(H,17,18). The SMILES string of the molecule is CCC1CN(C(=O)NCCC(O)C(=O)O)CCN1C. The summed E-state index contributed by atoms with van der Waals surface area (Å²) in [4.78, 5) is 26.3. The number of piperazine rings is 1. The van der Waals surface area contributed by atoms with Crippen molar-refractivity contribution in [3.63, 3.8) is 0 Å². The first-order valence-electron chi connectivity index (χ1n) is 6.59. The smallest absolute Gasteiger partial charge is 0.332 e. The molecule has 1 heterocycles. The maximum absolute atomic E-state index is 11.9. The Morgan fingerprint density at radius 2 is 2.11 bits per heavy atom. The number of hydrogen-bond acceptors (Lipinski definition) is 4. The number of carbonyl (C=O) groups excluding carboxylic acids is 1. The highest BCUT2D eigenvalue weighted by molar-refractivity contribution is 5.75. The number of rotatable bonds is 5. The van der Waals surface area contributed by atoms with Gasteiger partial charge in [-0.05, 0) is 13.5 Å². The van der Waals surface area contributed by atoms with Gasteiger partial charge in [0.2, 0.25) is 0 Å². The molecule has 3 N–H and O–H groups in total. The number of aliphatic carboxylic acids is 1. The van der Waals surface area contributed by atoms with E-state index in [9.17, 15) is 9.59 Å². The van der Waals surface area contributed by atoms with Crippen molar-refractivity contribution in [2.75, 3.05) is 33.2 Å². The summed E-state index contributed by atoms with van der Waals surface area (Å²) in [5.74, 6) is -1.26. The fourth-order valence-electron chi connectivity index (χ4n) is 2.12. The third kappa shape index (κ3) is 4.68. The van der Waals surface area contributed by atoms with Crippen molar-refractivity contribution in [2.24, 2.45) is 0 Å². The first-order chi connectivity index (χ1) is 8.95. The zero-order valence-corrected chi connectivity index (χ0v) is 11.5. The molecule has 110 valence electrons. The molecule has 1 aliphatic heterocycles. The lowest BCUT2D eigenvalue weighted by molar-refractivity contribution is -0.146. The van der Waals surface area contributed by atoms with Crippen LogP contribution in [-0.2, 0) is 4.79 Å². The molecule has 0 saturated carbocycles. The normalized spacial score (nSPS) is 22.1. The number of nitrogens with zero attached hydrogens (tertiary/aromatic N) is 2. The van der Waals surface area contributed by atoms with E-state index >= 15 is 0 Å². The van der Waals surface area contributed by atoms with Crippen molar-refractivity contribution in [2.45, 2.75) is 31.9 Å². The molecule has 0 aliphatic carbocycles. The predicted molar refractivity (Wildman–Crippen MR) is 69.9 cm³/mol. The molecule has 7 nitrogen and oxygen atoms in total. The van der Waals surface area contributed by atoms with Gasteiger partial charge in [0, 0.05) is 38.6 Å².